The van der Waals surface area contributed by atoms with Crippen LogP contribution in [0.25, 0.3) is 0 Å². The first-order chi connectivity index (χ1) is 9.24. The number of hydrogen-bond donors (Lipinski definition) is 2. The van der Waals surface area contributed by atoms with Crippen molar-refractivity contribution in [2.45, 2.75) is 12.8 Å². The molecule has 0 bridgehead atoms. The molecule has 1 heterocycles. The van der Waals surface area contributed by atoms with Crippen LogP contribution in [0.2, 0.25) is 0 Å². The first-order valence-corrected chi connectivity index (χ1v) is 6.71. The van der Waals surface area contributed by atoms with Gasteiger partial charge in [-0.15, -0.1) is 0 Å². The molecule has 98 valence electrons. The zero-order chi connectivity index (χ0) is 13.2. The molecule has 0 spiro atoms. The van der Waals surface area contributed by atoms with Crippen molar-refractivity contribution >= 4 is 17.1 Å². The smallest absolute Gasteiger partial charge is 0.0568 e. The molecule has 3 nitrogen and oxygen atoms in total. The normalized spacial score (nSPS) is 14.8. The van der Waals surface area contributed by atoms with Crippen LogP contribution in [-0.4, -0.2) is 13.1 Å². The van der Waals surface area contributed by atoms with Crippen molar-refractivity contribution in [3.05, 3.63) is 53.6 Å². The predicted octanol–water partition coefficient (Wildman–Crippen LogP) is 2.46. The average Bonchev–Trinajstić information content (AvgIpc) is 2.64. The highest BCUT2D eigenvalue weighted by molar-refractivity contribution is 5.70. The minimum Gasteiger partial charge on any atom is -0.397 e. The van der Waals surface area contributed by atoms with Crippen LogP contribution in [0.5, 0.6) is 0 Å². The van der Waals surface area contributed by atoms with E-state index >= 15 is 0 Å². The number of rotatable bonds is 1. The van der Waals surface area contributed by atoms with Gasteiger partial charge in [0.05, 0.1) is 11.4 Å². The van der Waals surface area contributed by atoms with Gasteiger partial charge in [-0.3, -0.25) is 0 Å². The van der Waals surface area contributed by atoms with E-state index in [2.05, 4.69) is 35.2 Å². The molecule has 2 aromatic rings. The SMILES string of the molecule is Nc1ccc(N2CCc3ccccc3CC2)cc1N. The Hall–Kier alpha value is -2.16. The van der Waals surface area contributed by atoms with Crippen molar-refractivity contribution < 1.29 is 0 Å². The van der Waals surface area contributed by atoms with Crippen LogP contribution in [-0.2, 0) is 12.8 Å². The summed E-state index contributed by atoms with van der Waals surface area (Å²) >= 11 is 0. The van der Waals surface area contributed by atoms with Gasteiger partial charge in [-0.1, -0.05) is 24.3 Å². The summed E-state index contributed by atoms with van der Waals surface area (Å²) in [5.41, 5.74) is 17.1. The number of hydrogen-bond acceptors (Lipinski definition) is 3. The molecule has 0 atom stereocenters. The molecule has 0 amide bonds. The van der Waals surface area contributed by atoms with E-state index in [1.54, 1.807) is 0 Å². The average molecular weight is 253 g/mol. The second kappa shape index (κ2) is 4.84. The molecule has 1 aliphatic heterocycles. The number of fused-ring (bicyclic) bond motifs is 1. The Kier molecular flexibility index (Phi) is 3.03. The second-order valence-electron chi connectivity index (χ2n) is 5.07. The molecule has 2 aromatic carbocycles. The quantitative estimate of drug-likeness (QED) is 0.768. The number of nitrogens with zero attached hydrogens (tertiary/aromatic N) is 1. The molecule has 4 N–H and O–H groups in total. The van der Waals surface area contributed by atoms with Gasteiger partial charge in [0, 0.05) is 18.8 Å². The second-order valence-corrected chi connectivity index (χ2v) is 5.07. The van der Waals surface area contributed by atoms with Crippen LogP contribution in [0.3, 0.4) is 0 Å². The van der Waals surface area contributed by atoms with Gasteiger partial charge in [0.15, 0.2) is 0 Å². The molecule has 3 heteroatoms. The molecule has 1 aliphatic rings. The summed E-state index contributed by atoms with van der Waals surface area (Å²) in [5.74, 6) is 0. The van der Waals surface area contributed by atoms with E-state index in [-0.39, 0.29) is 0 Å². The van der Waals surface area contributed by atoms with Crippen LogP contribution >= 0.6 is 0 Å². The fraction of sp³-hybridized carbons (Fsp3) is 0.250. The van der Waals surface area contributed by atoms with Gasteiger partial charge in [0.25, 0.3) is 0 Å². The summed E-state index contributed by atoms with van der Waals surface area (Å²) in [6.07, 6.45) is 2.17. The highest BCUT2D eigenvalue weighted by Gasteiger charge is 2.14. The Balaban J connectivity index is 1.83. The van der Waals surface area contributed by atoms with Crippen LogP contribution in [0.1, 0.15) is 11.1 Å². The maximum Gasteiger partial charge on any atom is 0.0568 e. The van der Waals surface area contributed by atoms with E-state index in [9.17, 15) is 0 Å². The lowest BCUT2D eigenvalue weighted by Gasteiger charge is -2.23. The maximum atomic E-state index is 5.90. The van der Waals surface area contributed by atoms with Gasteiger partial charge >= 0.3 is 0 Å². The summed E-state index contributed by atoms with van der Waals surface area (Å²) in [6, 6.07) is 14.6. The van der Waals surface area contributed by atoms with Crippen molar-refractivity contribution in [2.24, 2.45) is 0 Å². The Morgan fingerprint density at radius 1 is 0.789 bits per heavy atom. The minimum absolute atomic E-state index is 0.654. The lowest BCUT2D eigenvalue weighted by Crippen LogP contribution is -2.26. The largest absolute Gasteiger partial charge is 0.397 e. The van der Waals surface area contributed by atoms with Gasteiger partial charge in [-0.25, -0.2) is 0 Å². The van der Waals surface area contributed by atoms with Gasteiger partial charge < -0.3 is 16.4 Å². The van der Waals surface area contributed by atoms with Crippen LogP contribution < -0.4 is 16.4 Å². The third-order valence-corrected chi connectivity index (χ3v) is 3.86. The van der Waals surface area contributed by atoms with Gasteiger partial charge in [0.1, 0.15) is 0 Å². The summed E-state index contributed by atoms with van der Waals surface area (Å²) in [7, 11) is 0. The molecule has 0 saturated carbocycles. The van der Waals surface area contributed by atoms with Crippen molar-refractivity contribution in [1.82, 2.24) is 0 Å². The Morgan fingerprint density at radius 2 is 1.42 bits per heavy atom. The van der Waals surface area contributed by atoms with Crippen molar-refractivity contribution in [3.8, 4) is 0 Å². The number of benzene rings is 2. The van der Waals surface area contributed by atoms with Crippen LogP contribution in [0, 0.1) is 0 Å². The van der Waals surface area contributed by atoms with E-state index in [1.165, 1.54) is 16.8 Å². The third-order valence-electron chi connectivity index (χ3n) is 3.86. The third kappa shape index (κ3) is 2.36. The Morgan fingerprint density at radius 3 is 2.00 bits per heavy atom. The monoisotopic (exact) mass is 253 g/mol. The zero-order valence-electron chi connectivity index (χ0n) is 11.0. The highest BCUT2D eigenvalue weighted by Crippen LogP contribution is 2.25. The standard InChI is InChI=1S/C16H19N3/c17-15-6-5-14(11-16(15)18)19-9-7-12-3-1-2-4-13(12)8-10-19/h1-6,11H,7-10,17-18H2. The van der Waals surface area contributed by atoms with Crippen LogP contribution in [0.4, 0.5) is 17.1 Å². The lowest BCUT2D eigenvalue weighted by atomic mass is 10.0. The van der Waals surface area contributed by atoms with Gasteiger partial charge in [-0.05, 0) is 42.2 Å². The van der Waals surface area contributed by atoms with Gasteiger partial charge in [-0.2, -0.15) is 0 Å². The fourth-order valence-electron chi connectivity index (χ4n) is 2.68. The molecule has 3 rings (SSSR count). The molecular formula is C16H19N3. The predicted molar refractivity (Wildman–Crippen MR) is 81.3 cm³/mol. The molecule has 0 unspecified atom stereocenters. The zero-order valence-corrected chi connectivity index (χ0v) is 11.0. The summed E-state index contributed by atoms with van der Waals surface area (Å²) in [4.78, 5) is 2.38. The molecule has 0 fully saturated rings. The topological polar surface area (TPSA) is 55.3 Å². The maximum absolute atomic E-state index is 5.90. The first-order valence-electron chi connectivity index (χ1n) is 6.71. The summed E-state index contributed by atoms with van der Waals surface area (Å²) in [5, 5.41) is 0. The van der Waals surface area contributed by atoms with E-state index in [1.807, 2.05) is 12.1 Å². The Labute approximate surface area is 113 Å². The summed E-state index contributed by atoms with van der Waals surface area (Å²) in [6.45, 7) is 2.06. The molecule has 0 saturated heterocycles. The molecule has 0 aromatic heterocycles. The molecule has 0 aliphatic carbocycles. The van der Waals surface area contributed by atoms with Crippen molar-refractivity contribution in [2.75, 3.05) is 29.5 Å². The number of anilines is 3. The number of nitrogens with two attached hydrogens (primary N) is 2. The van der Waals surface area contributed by atoms with Crippen molar-refractivity contribution in [3.63, 3.8) is 0 Å². The van der Waals surface area contributed by atoms with E-state index in [4.69, 9.17) is 11.5 Å². The van der Waals surface area contributed by atoms with E-state index in [0.717, 1.165) is 25.9 Å². The van der Waals surface area contributed by atoms with Gasteiger partial charge in [0.2, 0.25) is 0 Å². The first kappa shape index (κ1) is 11.9. The van der Waals surface area contributed by atoms with E-state index < -0.39 is 0 Å². The number of nitrogen functional groups attached to an aromatic ring is 2. The van der Waals surface area contributed by atoms with E-state index in [0.29, 0.717) is 11.4 Å². The van der Waals surface area contributed by atoms with Crippen molar-refractivity contribution in [1.29, 1.82) is 0 Å². The molecule has 19 heavy (non-hydrogen) atoms. The Bertz CT molecular complexity index is 565. The lowest BCUT2D eigenvalue weighted by molar-refractivity contribution is 0.806. The molecule has 0 radical (unpaired) electrons. The summed E-state index contributed by atoms with van der Waals surface area (Å²) < 4.78 is 0. The minimum atomic E-state index is 0.654. The highest BCUT2D eigenvalue weighted by atomic mass is 15.1. The molecular weight excluding hydrogens is 234 g/mol. The van der Waals surface area contributed by atoms with Crippen LogP contribution in [0.15, 0.2) is 42.5 Å². The fourth-order valence-corrected chi connectivity index (χ4v) is 2.68.